The molecule has 2 heterocycles. The smallest absolute Gasteiger partial charge is 0.0761 e. The van der Waals surface area contributed by atoms with Gasteiger partial charge in [-0.2, -0.15) is 5.10 Å². The number of anilines is 1. The maximum atomic E-state index is 4.19. The first-order valence-electron chi connectivity index (χ1n) is 4.05. The molecule has 0 saturated carbocycles. The van der Waals surface area contributed by atoms with E-state index in [-0.39, 0.29) is 0 Å². The second-order valence-corrected chi connectivity index (χ2v) is 3.21. The Morgan fingerprint density at radius 3 is 3.36 bits per heavy atom. The topological polar surface area (TPSA) is 29.9 Å². The number of fused-ring (bicyclic) bond motifs is 1. The first kappa shape index (κ1) is 6.70. The summed E-state index contributed by atoms with van der Waals surface area (Å²) in [5.41, 5.74) is 2.55. The molecule has 0 aromatic carbocycles. The van der Waals surface area contributed by atoms with E-state index in [0.29, 0.717) is 6.04 Å². The fraction of sp³-hybridized carbons (Fsp3) is 0.625. The molecule has 0 amide bonds. The zero-order chi connectivity index (χ0) is 7.84. The third-order valence-electron chi connectivity index (χ3n) is 2.28. The van der Waals surface area contributed by atoms with Crippen molar-refractivity contribution in [1.29, 1.82) is 0 Å². The first-order valence-corrected chi connectivity index (χ1v) is 4.05. The highest BCUT2D eigenvalue weighted by Crippen LogP contribution is 2.22. The van der Waals surface area contributed by atoms with Gasteiger partial charge >= 0.3 is 0 Å². The largest absolute Gasteiger partial charge is 0.380 e. The zero-order valence-electron chi connectivity index (χ0n) is 6.96. The highest BCUT2D eigenvalue weighted by molar-refractivity contribution is 5.49. The van der Waals surface area contributed by atoms with E-state index in [1.165, 1.54) is 17.8 Å². The lowest BCUT2D eigenvalue weighted by Crippen LogP contribution is -2.22. The van der Waals surface area contributed by atoms with Crippen molar-refractivity contribution in [2.75, 3.05) is 5.32 Å². The van der Waals surface area contributed by atoms with Gasteiger partial charge in [-0.05, 0) is 19.8 Å². The van der Waals surface area contributed by atoms with E-state index in [1.807, 2.05) is 17.9 Å². The summed E-state index contributed by atoms with van der Waals surface area (Å²) < 4.78 is 1.95. The monoisotopic (exact) mass is 151 g/mol. The standard InChI is InChI=1S/C8H13N3/c1-6-3-4-8-7(10-6)5-9-11(8)2/h5-6,10H,3-4H2,1-2H3. The van der Waals surface area contributed by atoms with Crippen LogP contribution in [0.1, 0.15) is 19.0 Å². The van der Waals surface area contributed by atoms with Crippen molar-refractivity contribution in [3.63, 3.8) is 0 Å². The molecule has 0 saturated heterocycles. The molecule has 1 atom stereocenters. The van der Waals surface area contributed by atoms with Gasteiger partial charge in [0.15, 0.2) is 0 Å². The van der Waals surface area contributed by atoms with Crippen molar-refractivity contribution >= 4 is 5.69 Å². The summed E-state index contributed by atoms with van der Waals surface area (Å²) in [6.45, 7) is 2.20. The predicted octanol–water partition coefficient (Wildman–Crippen LogP) is 1.17. The van der Waals surface area contributed by atoms with Gasteiger partial charge in [0.2, 0.25) is 0 Å². The lowest BCUT2D eigenvalue weighted by atomic mass is 10.1. The zero-order valence-corrected chi connectivity index (χ0v) is 6.96. The fourth-order valence-electron chi connectivity index (χ4n) is 1.57. The quantitative estimate of drug-likeness (QED) is 0.603. The SMILES string of the molecule is CC1CCc2c(cnn2C)N1. The molecule has 0 bridgehead atoms. The number of hydrogen-bond donors (Lipinski definition) is 1. The second-order valence-electron chi connectivity index (χ2n) is 3.21. The number of hydrogen-bond acceptors (Lipinski definition) is 2. The molecule has 0 radical (unpaired) electrons. The molecule has 0 aliphatic carbocycles. The van der Waals surface area contributed by atoms with Crippen LogP contribution in [-0.2, 0) is 13.5 Å². The van der Waals surface area contributed by atoms with E-state index in [0.717, 1.165) is 6.42 Å². The molecule has 0 fully saturated rings. The van der Waals surface area contributed by atoms with E-state index in [9.17, 15) is 0 Å². The minimum absolute atomic E-state index is 0.603. The van der Waals surface area contributed by atoms with Crippen molar-refractivity contribution in [2.45, 2.75) is 25.8 Å². The lowest BCUT2D eigenvalue weighted by molar-refractivity contribution is 0.627. The van der Waals surface area contributed by atoms with Gasteiger partial charge in [-0.25, -0.2) is 0 Å². The molecule has 3 nitrogen and oxygen atoms in total. The Kier molecular flexibility index (Phi) is 1.37. The molecular formula is C8H13N3. The summed E-state index contributed by atoms with van der Waals surface area (Å²) in [7, 11) is 2.00. The molecule has 1 aromatic rings. The highest BCUT2D eigenvalue weighted by atomic mass is 15.3. The summed E-state index contributed by atoms with van der Waals surface area (Å²) >= 11 is 0. The number of aryl methyl sites for hydroxylation is 1. The van der Waals surface area contributed by atoms with Crippen LogP contribution in [0.15, 0.2) is 6.20 Å². The molecule has 1 aliphatic rings. The predicted molar refractivity (Wildman–Crippen MR) is 44.6 cm³/mol. The summed E-state index contributed by atoms with van der Waals surface area (Å²) in [5, 5.41) is 7.58. The lowest BCUT2D eigenvalue weighted by Gasteiger charge is -2.20. The van der Waals surface area contributed by atoms with Crippen LogP contribution in [0.3, 0.4) is 0 Å². The average Bonchev–Trinajstić information content (AvgIpc) is 2.32. The number of nitrogens with one attached hydrogen (secondary N) is 1. The highest BCUT2D eigenvalue weighted by Gasteiger charge is 2.16. The molecule has 1 unspecified atom stereocenters. The fourth-order valence-corrected chi connectivity index (χ4v) is 1.57. The van der Waals surface area contributed by atoms with Gasteiger partial charge in [-0.1, -0.05) is 0 Å². The van der Waals surface area contributed by atoms with Crippen molar-refractivity contribution in [1.82, 2.24) is 9.78 Å². The second kappa shape index (κ2) is 2.26. The maximum Gasteiger partial charge on any atom is 0.0761 e. The van der Waals surface area contributed by atoms with Crippen LogP contribution in [0.5, 0.6) is 0 Å². The van der Waals surface area contributed by atoms with Gasteiger partial charge in [-0.15, -0.1) is 0 Å². The minimum Gasteiger partial charge on any atom is -0.380 e. The Labute approximate surface area is 66.4 Å². The van der Waals surface area contributed by atoms with Crippen LogP contribution >= 0.6 is 0 Å². The number of nitrogens with zero attached hydrogens (tertiary/aromatic N) is 2. The van der Waals surface area contributed by atoms with Crippen molar-refractivity contribution in [2.24, 2.45) is 7.05 Å². The van der Waals surface area contributed by atoms with E-state index in [4.69, 9.17) is 0 Å². The van der Waals surface area contributed by atoms with Crippen molar-refractivity contribution in [3.8, 4) is 0 Å². The molecule has 1 N–H and O–H groups in total. The molecule has 11 heavy (non-hydrogen) atoms. The molecule has 2 rings (SSSR count). The Morgan fingerprint density at radius 1 is 1.73 bits per heavy atom. The van der Waals surface area contributed by atoms with Crippen LogP contribution in [0.25, 0.3) is 0 Å². The van der Waals surface area contributed by atoms with Crippen LogP contribution in [0.2, 0.25) is 0 Å². The van der Waals surface area contributed by atoms with Gasteiger partial charge in [-0.3, -0.25) is 4.68 Å². The van der Waals surface area contributed by atoms with E-state index >= 15 is 0 Å². The Morgan fingerprint density at radius 2 is 2.55 bits per heavy atom. The molecule has 1 aliphatic heterocycles. The minimum atomic E-state index is 0.603. The Balaban J connectivity index is 2.36. The molecule has 0 spiro atoms. The van der Waals surface area contributed by atoms with Gasteiger partial charge in [0.25, 0.3) is 0 Å². The normalized spacial score (nSPS) is 22.5. The number of rotatable bonds is 0. The van der Waals surface area contributed by atoms with Crippen LogP contribution in [0, 0.1) is 0 Å². The van der Waals surface area contributed by atoms with Crippen LogP contribution in [0.4, 0.5) is 5.69 Å². The summed E-state index contributed by atoms with van der Waals surface area (Å²) in [6, 6.07) is 0.603. The Bertz CT molecular complexity index is 264. The molecule has 1 aromatic heterocycles. The third kappa shape index (κ3) is 1.00. The maximum absolute atomic E-state index is 4.19. The van der Waals surface area contributed by atoms with Crippen LogP contribution in [-0.4, -0.2) is 15.8 Å². The summed E-state index contributed by atoms with van der Waals surface area (Å²) in [4.78, 5) is 0. The molecular weight excluding hydrogens is 138 g/mol. The van der Waals surface area contributed by atoms with Crippen molar-refractivity contribution in [3.05, 3.63) is 11.9 Å². The van der Waals surface area contributed by atoms with Crippen LogP contribution < -0.4 is 5.32 Å². The Hall–Kier alpha value is -0.990. The first-order chi connectivity index (χ1) is 5.27. The van der Waals surface area contributed by atoms with E-state index in [1.54, 1.807) is 0 Å². The number of aromatic nitrogens is 2. The van der Waals surface area contributed by atoms with E-state index in [2.05, 4.69) is 17.3 Å². The molecule has 60 valence electrons. The molecule has 3 heteroatoms. The third-order valence-corrected chi connectivity index (χ3v) is 2.28. The van der Waals surface area contributed by atoms with Gasteiger partial charge < -0.3 is 5.32 Å². The summed E-state index contributed by atoms with van der Waals surface area (Å²) in [6.07, 6.45) is 4.28. The van der Waals surface area contributed by atoms with Gasteiger partial charge in [0, 0.05) is 13.1 Å². The van der Waals surface area contributed by atoms with Gasteiger partial charge in [0.05, 0.1) is 17.6 Å². The van der Waals surface area contributed by atoms with E-state index < -0.39 is 0 Å². The summed E-state index contributed by atoms with van der Waals surface area (Å²) in [5.74, 6) is 0. The van der Waals surface area contributed by atoms with Gasteiger partial charge in [0.1, 0.15) is 0 Å². The average molecular weight is 151 g/mol. The van der Waals surface area contributed by atoms with Crippen molar-refractivity contribution < 1.29 is 0 Å².